The summed E-state index contributed by atoms with van der Waals surface area (Å²) in [4.78, 5) is 17.0. The van der Waals surface area contributed by atoms with E-state index in [1.807, 2.05) is 39.1 Å². The Morgan fingerprint density at radius 1 is 0.882 bits per heavy atom. The number of hydrogen-bond acceptors (Lipinski definition) is 4. The molecule has 6 nitrogen and oxygen atoms in total. The first-order valence-electron chi connectivity index (χ1n) is 11.2. The Bertz CT molecular complexity index is 1750. The van der Waals surface area contributed by atoms with Crippen LogP contribution >= 0.6 is 0 Å². The number of nitrogens with zero attached hydrogens (tertiary/aromatic N) is 5. The summed E-state index contributed by atoms with van der Waals surface area (Å²) in [6.07, 6.45) is 3.55. The topological polar surface area (TPSA) is 83.2 Å². The van der Waals surface area contributed by atoms with Crippen LogP contribution in [0.15, 0.2) is 73.2 Å². The molecule has 6 rings (SSSR count). The Hall–Kier alpha value is -4.50. The molecule has 0 spiro atoms. The number of imidazole rings is 2. The van der Waals surface area contributed by atoms with Crippen LogP contribution in [0.25, 0.3) is 49.8 Å². The van der Waals surface area contributed by atoms with Gasteiger partial charge in [0, 0.05) is 11.1 Å². The highest BCUT2D eigenvalue weighted by Gasteiger charge is 2.20. The number of nitriles is 1. The number of hydrogen-bond donors (Lipinski definition) is 1. The third-order valence-corrected chi connectivity index (χ3v) is 6.53. The molecule has 0 fully saturated rings. The number of aromatic nitrogens is 5. The fourth-order valence-electron chi connectivity index (χ4n) is 4.57. The van der Waals surface area contributed by atoms with Crippen molar-refractivity contribution in [3.63, 3.8) is 0 Å². The van der Waals surface area contributed by atoms with Crippen molar-refractivity contribution in [2.24, 2.45) is 0 Å². The van der Waals surface area contributed by atoms with Crippen molar-refractivity contribution in [3.05, 3.63) is 84.6 Å². The van der Waals surface area contributed by atoms with Crippen molar-refractivity contribution in [2.75, 3.05) is 0 Å². The minimum atomic E-state index is -0.536. The van der Waals surface area contributed by atoms with Gasteiger partial charge in [-0.15, -0.1) is 0 Å². The number of benzene rings is 3. The van der Waals surface area contributed by atoms with Gasteiger partial charge in [0.1, 0.15) is 11.3 Å². The lowest BCUT2D eigenvalue weighted by Crippen LogP contribution is -2.13. The van der Waals surface area contributed by atoms with Crippen molar-refractivity contribution in [1.29, 1.82) is 5.26 Å². The molecule has 0 atom stereocenters. The summed E-state index contributed by atoms with van der Waals surface area (Å²) in [7, 11) is 0. The molecule has 0 aliphatic heterocycles. The van der Waals surface area contributed by atoms with E-state index in [9.17, 15) is 5.26 Å². The van der Waals surface area contributed by atoms with E-state index in [-0.39, 0.29) is 0 Å². The van der Waals surface area contributed by atoms with E-state index in [1.54, 1.807) is 6.33 Å². The molecule has 0 aliphatic carbocycles. The van der Waals surface area contributed by atoms with Crippen molar-refractivity contribution < 1.29 is 0 Å². The van der Waals surface area contributed by atoms with Gasteiger partial charge >= 0.3 is 0 Å². The van der Waals surface area contributed by atoms with Crippen molar-refractivity contribution in [2.45, 2.75) is 26.2 Å². The second kappa shape index (κ2) is 7.26. The fourth-order valence-corrected chi connectivity index (χ4v) is 4.57. The van der Waals surface area contributed by atoms with Crippen LogP contribution in [0.5, 0.6) is 0 Å². The number of H-pyrrole nitrogens is 1. The second-order valence-corrected chi connectivity index (χ2v) is 9.14. The number of pyridine rings is 1. The molecule has 164 valence electrons. The Labute approximate surface area is 196 Å². The standard InChI is InChI=1S/C28H22N6/c1-17-33-26-14-30-23-10-4-18(19-5-11-24-25(13-19)32-16-31-24)12-22(23)27(26)34(17)21-8-6-20(7-9-21)28(2,3)15-29/h4-14,16H,1-3H3,(H,31,32). The van der Waals surface area contributed by atoms with Crippen LogP contribution in [0.1, 0.15) is 25.2 Å². The summed E-state index contributed by atoms with van der Waals surface area (Å²) in [6, 6.07) is 23.1. The smallest absolute Gasteiger partial charge is 0.111 e. The zero-order chi connectivity index (χ0) is 23.4. The van der Waals surface area contributed by atoms with Crippen molar-refractivity contribution in [3.8, 4) is 22.9 Å². The molecule has 0 saturated carbocycles. The fraction of sp³-hybridized carbons (Fsp3) is 0.143. The van der Waals surface area contributed by atoms with E-state index in [1.165, 1.54) is 0 Å². The average molecular weight is 443 g/mol. The zero-order valence-corrected chi connectivity index (χ0v) is 19.2. The largest absolute Gasteiger partial charge is 0.345 e. The number of nitrogens with one attached hydrogen (secondary N) is 1. The van der Waals surface area contributed by atoms with Gasteiger partial charge in [-0.25, -0.2) is 9.97 Å². The lowest BCUT2D eigenvalue weighted by Gasteiger charge is -2.17. The van der Waals surface area contributed by atoms with E-state index in [0.717, 1.165) is 61.2 Å². The molecule has 34 heavy (non-hydrogen) atoms. The minimum absolute atomic E-state index is 0.536. The van der Waals surface area contributed by atoms with E-state index >= 15 is 0 Å². The molecule has 0 amide bonds. The highest BCUT2D eigenvalue weighted by Crippen LogP contribution is 2.32. The lowest BCUT2D eigenvalue weighted by molar-refractivity contribution is 0.686. The van der Waals surface area contributed by atoms with Gasteiger partial charge in [0.05, 0.1) is 46.1 Å². The maximum Gasteiger partial charge on any atom is 0.111 e. The monoisotopic (exact) mass is 442 g/mol. The van der Waals surface area contributed by atoms with Gasteiger partial charge in [-0.05, 0) is 73.9 Å². The highest BCUT2D eigenvalue weighted by molar-refractivity contribution is 6.05. The van der Waals surface area contributed by atoms with Crippen LogP contribution in [0.4, 0.5) is 0 Å². The summed E-state index contributed by atoms with van der Waals surface area (Å²) in [5.74, 6) is 0.889. The SMILES string of the molecule is Cc1nc2cnc3ccc(-c4ccc5[nH]cnc5c4)cc3c2n1-c1ccc(C(C)(C)C#N)cc1. The first kappa shape index (κ1) is 20.1. The van der Waals surface area contributed by atoms with Crippen LogP contribution in [0, 0.1) is 18.3 Å². The predicted octanol–water partition coefficient (Wildman–Crippen LogP) is 6.23. The molecule has 0 saturated heterocycles. The van der Waals surface area contributed by atoms with E-state index < -0.39 is 5.41 Å². The van der Waals surface area contributed by atoms with Gasteiger partial charge in [0.15, 0.2) is 0 Å². The Morgan fingerprint density at radius 2 is 1.65 bits per heavy atom. The maximum atomic E-state index is 9.49. The van der Waals surface area contributed by atoms with Crippen LogP contribution in [0.3, 0.4) is 0 Å². The van der Waals surface area contributed by atoms with Crippen molar-refractivity contribution >= 4 is 33.0 Å². The van der Waals surface area contributed by atoms with Gasteiger partial charge < -0.3 is 4.98 Å². The Kier molecular flexibility index (Phi) is 4.30. The van der Waals surface area contributed by atoms with Gasteiger partial charge in [0.25, 0.3) is 0 Å². The average Bonchev–Trinajstić information content (AvgIpc) is 3.47. The number of rotatable bonds is 3. The Balaban J connectivity index is 1.56. The molecule has 1 N–H and O–H groups in total. The first-order chi connectivity index (χ1) is 16.4. The van der Waals surface area contributed by atoms with Crippen LogP contribution in [-0.4, -0.2) is 24.5 Å². The van der Waals surface area contributed by atoms with Gasteiger partial charge in [-0.3, -0.25) is 9.55 Å². The molecule has 6 heteroatoms. The Morgan fingerprint density at radius 3 is 2.44 bits per heavy atom. The quantitative estimate of drug-likeness (QED) is 0.352. The molecule has 3 heterocycles. The van der Waals surface area contributed by atoms with E-state index in [0.29, 0.717) is 0 Å². The molecule has 3 aromatic heterocycles. The molecule has 0 aliphatic rings. The summed E-state index contributed by atoms with van der Waals surface area (Å²) < 4.78 is 2.17. The van der Waals surface area contributed by atoms with Crippen LogP contribution in [-0.2, 0) is 5.41 Å². The lowest BCUT2D eigenvalue weighted by atomic mass is 9.86. The first-order valence-corrected chi connectivity index (χ1v) is 11.2. The minimum Gasteiger partial charge on any atom is -0.345 e. The molecule has 3 aromatic carbocycles. The van der Waals surface area contributed by atoms with Crippen LogP contribution < -0.4 is 0 Å². The second-order valence-electron chi connectivity index (χ2n) is 9.14. The van der Waals surface area contributed by atoms with Crippen molar-refractivity contribution in [1.82, 2.24) is 24.5 Å². The highest BCUT2D eigenvalue weighted by atomic mass is 15.1. The number of aromatic amines is 1. The third kappa shape index (κ3) is 3.06. The zero-order valence-electron chi connectivity index (χ0n) is 19.2. The maximum absolute atomic E-state index is 9.49. The van der Waals surface area contributed by atoms with E-state index in [4.69, 9.17) is 4.98 Å². The predicted molar refractivity (Wildman–Crippen MR) is 135 cm³/mol. The molecule has 0 unspecified atom stereocenters. The van der Waals surface area contributed by atoms with Gasteiger partial charge in [-0.1, -0.05) is 24.3 Å². The molecule has 6 aromatic rings. The summed E-state index contributed by atoms with van der Waals surface area (Å²) in [6.45, 7) is 5.87. The normalized spacial score (nSPS) is 11.9. The summed E-state index contributed by atoms with van der Waals surface area (Å²) >= 11 is 0. The summed E-state index contributed by atoms with van der Waals surface area (Å²) in [5, 5.41) is 10.5. The third-order valence-electron chi connectivity index (χ3n) is 6.53. The number of fused-ring (bicyclic) bond motifs is 4. The van der Waals surface area contributed by atoms with Gasteiger partial charge in [0.2, 0.25) is 0 Å². The molecule has 0 radical (unpaired) electrons. The van der Waals surface area contributed by atoms with Gasteiger partial charge in [-0.2, -0.15) is 5.26 Å². The molecule has 0 bridgehead atoms. The molecular formula is C28H22N6. The van der Waals surface area contributed by atoms with Crippen LogP contribution in [0.2, 0.25) is 0 Å². The molecular weight excluding hydrogens is 420 g/mol. The summed E-state index contributed by atoms with van der Waals surface area (Å²) in [5.41, 5.74) is 8.42. The van der Waals surface area contributed by atoms with E-state index in [2.05, 4.69) is 74.1 Å². The number of aryl methyl sites for hydroxylation is 1.